The number of aromatic nitrogens is 2. The molecule has 0 unspecified atom stereocenters. The number of hydrogen-bond donors (Lipinski definition) is 2. The van der Waals surface area contributed by atoms with E-state index in [4.69, 9.17) is 0 Å². The maximum Gasteiger partial charge on any atom is 0.257 e. The van der Waals surface area contributed by atoms with Crippen molar-refractivity contribution in [2.45, 2.75) is 43.2 Å². The van der Waals surface area contributed by atoms with E-state index in [0.717, 1.165) is 11.8 Å². The number of aromatic amines is 1. The number of hydrogen-bond acceptors (Lipinski definition) is 3. The molecule has 19 heavy (non-hydrogen) atoms. The van der Waals surface area contributed by atoms with E-state index in [1.54, 1.807) is 0 Å². The number of imidazole rings is 1. The van der Waals surface area contributed by atoms with E-state index in [9.17, 15) is 8.42 Å². The molecule has 4 aliphatic carbocycles. The Balaban J connectivity index is 1.58. The van der Waals surface area contributed by atoms with E-state index in [-0.39, 0.29) is 11.1 Å². The van der Waals surface area contributed by atoms with Gasteiger partial charge in [0, 0.05) is 6.04 Å². The van der Waals surface area contributed by atoms with E-state index in [1.807, 2.05) is 0 Å². The summed E-state index contributed by atoms with van der Waals surface area (Å²) in [4.78, 5) is 6.49. The van der Waals surface area contributed by atoms with Gasteiger partial charge in [0.15, 0.2) is 5.03 Å². The summed E-state index contributed by atoms with van der Waals surface area (Å²) in [5.41, 5.74) is 0. The van der Waals surface area contributed by atoms with Gasteiger partial charge in [0.2, 0.25) is 0 Å². The van der Waals surface area contributed by atoms with Gasteiger partial charge in [0.25, 0.3) is 10.0 Å². The summed E-state index contributed by atoms with van der Waals surface area (Å²) in [6, 6.07) is 0.140. The van der Waals surface area contributed by atoms with Gasteiger partial charge in [-0.05, 0) is 55.8 Å². The van der Waals surface area contributed by atoms with Crippen LogP contribution in [-0.2, 0) is 10.0 Å². The first-order valence-electron chi connectivity index (χ1n) is 7.12. The van der Waals surface area contributed by atoms with Gasteiger partial charge in [-0.15, -0.1) is 0 Å². The highest BCUT2D eigenvalue weighted by Gasteiger charge is 2.49. The van der Waals surface area contributed by atoms with Crippen LogP contribution in [0.1, 0.15) is 32.1 Å². The van der Waals surface area contributed by atoms with Crippen LogP contribution in [0, 0.1) is 23.7 Å². The zero-order chi connectivity index (χ0) is 13.0. The normalized spacial score (nSPS) is 40.7. The second-order valence-corrected chi connectivity index (χ2v) is 8.18. The molecule has 1 aromatic rings. The van der Waals surface area contributed by atoms with E-state index in [0.29, 0.717) is 11.8 Å². The number of H-pyrrole nitrogens is 1. The van der Waals surface area contributed by atoms with E-state index in [2.05, 4.69) is 14.7 Å². The minimum absolute atomic E-state index is 0.140. The molecule has 0 saturated heterocycles. The average Bonchev–Trinajstić information content (AvgIpc) is 2.87. The van der Waals surface area contributed by atoms with Crippen molar-refractivity contribution >= 4 is 10.0 Å². The van der Waals surface area contributed by atoms with Crippen LogP contribution < -0.4 is 4.72 Å². The van der Waals surface area contributed by atoms with Gasteiger partial charge in [-0.3, -0.25) is 0 Å². The molecule has 104 valence electrons. The number of sulfonamides is 1. The van der Waals surface area contributed by atoms with E-state index >= 15 is 0 Å². The second kappa shape index (κ2) is 4.06. The molecule has 0 atom stereocenters. The zero-order valence-electron chi connectivity index (χ0n) is 10.7. The Morgan fingerprint density at radius 2 is 1.74 bits per heavy atom. The molecule has 5 nitrogen and oxygen atoms in total. The Morgan fingerprint density at radius 3 is 2.26 bits per heavy atom. The van der Waals surface area contributed by atoms with Crippen LogP contribution in [0.25, 0.3) is 0 Å². The zero-order valence-corrected chi connectivity index (χ0v) is 11.6. The van der Waals surface area contributed by atoms with Gasteiger partial charge < -0.3 is 4.98 Å². The smallest absolute Gasteiger partial charge is 0.257 e. The van der Waals surface area contributed by atoms with Crippen LogP contribution >= 0.6 is 0 Å². The first-order chi connectivity index (χ1) is 9.12. The molecule has 0 amide bonds. The molecule has 2 N–H and O–H groups in total. The second-order valence-electron chi connectivity index (χ2n) is 6.49. The highest BCUT2D eigenvalue weighted by Crippen LogP contribution is 2.53. The Morgan fingerprint density at radius 1 is 1.11 bits per heavy atom. The Hall–Kier alpha value is -0.880. The van der Waals surface area contributed by atoms with Gasteiger partial charge in [0.05, 0.1) is 12.5 Å². The monoisotopic (exact) mass is 281 g/mol. The maximum absolute atomic E-state index is 12.3. The third-order valence-electron chi connectivity index (χ3n) is 5.28. The SMILES string of the molecule is O=S(=O)(NC1C2CC3CC(C2)CC1C3)c1cnc[nH]1. The van der Waals surface area contributed by atoms with E-state index < -0.39 is 10.0 Å². The molecule has 1 aromatic heterocycles. The third kappa shape index (κ3) is 1.92. The molecule has 1 heterocycles. The summed E-state index contributed by atoms with van der Waals surface area (Å²) in [6.45, 7) is 0. The van der Waals surface area contributed by atoms with Gasteiger partial charge in [-0.25, -0.2) is 18.1 Å². The Kier molecular flexibility index (Phi) is 2.54. The number of nitrogens with zero attached hydrogens (tertiary/aromatic N) is 1. The molecule has 4 fully saturated rings. The molecular formula is C13H19N3O2S. The summed E-state index contributed by atoms with van der Waals surface area (Å²) < 4.78 is 27.5. The summed E-state index contributed by atoms with van der Waals surface area (Å²) in [5.74, 6) is 2.81. The fourth-order valence-corrected chi connectivity index (χ4v) is 6.03. The fourth-order valence-electron chi connectivity index (χ4n) is 4.75. The summed E-state index contributed by atoms with van der Waals surface area (Å²) in [7, 11) is -3.43. The third-order valence-corrected chi connectivity index (χ3v) is 6.67. The van der Waals surface area contributed by atoms with Crippen molar-refractivity contribution in [2.24, 2.45) is 23.7 Å². The van der Waals surface area contributed by atoms with Gasteiger partial charge in [0.1, 0.15) is 0 Å². The standard InChI is InChI=1S/C13H19N3O2S/c17-19(18,12-6-14-7-15-12)16-13-10-2-8-1-9(4-10)5-11(13)3-8/h6-11,13,16H,1-5H2,(H,14,15). The lowest BCUT2D eigenvalue weighted by Crippen LogP contribution is -2.55. The minimum atomic E-state index is -3.43. The van der Waals surface area contributed by atoms with Crippen molar-refractivity contribution in [3.8, 4) is 0 Å². The summed E-state index contributed by atoms with van der Waals surface area (Å²) in [6.07, 6.45) is 9.01. The van der Waals surface area contributed by atoms with Crippen LogP contribution in [-0.4, -0.2) is 24.4 Å². The van der Waals surface area contributed by atoms with Crippen LogP contribution in [0.15, 0.2) is 17.6 Å². The lowest BCUT2D eigenvalue weighted by atomic mass is 9.54. The lowest BCUT2D eigenvalue weighted by Gasteiger charge is -2.54. The molecule has 0 aromatic carbocycles. The first kappa shape index (κ1) is 11.9. The molecule has 0 spiro atoms. The highest BCUT2D eigenvalue weighted by atomic mass is 32.2. The number of rotatable bonds is 3. The van der Waals surface area contributed by atoms with Crippen molar-refractivity contribution < 1.29 is 8.42 Å². The predicted octanol–water partition coefficient (Wildman–Crippen LogP) is 1.51. The van der Waals surface area contributed by atoms with Crippen LogP contribution in [0.2, 0.25) is 0 Å². The van der Waals surface area contributed by atoms with Gasteiger partial charge in [-0.1, -0.05) is 0 Å². The molecular weight excluding hydrogens is 262 g/mol. The molecule has 4 saturated carbocycles. The molecule has 0 radical (unpaired) electrons. The topological polar surface area (TPSA) is 74.8 Å². The molecule has 4 bridgehead atoms. The Bertz CT molecular complexity index is 539. The fraction of sp³-hybridized carbons (Fsp3) is 0.769. The van der Waals surface area contributed by atoms with Gasteiger partial charge >= 0.3 is 0 Å². The predicted molar refractivity (Wildman–Crippen MR) is 69.7 cm³/mol. The highest BCUT2D eigenvalue weighted by molar-refractivity contribution is 7.89. The quantitative estimate of drug-likeness (QED) is 0.882. The van der Waals surface area contributed by atoms with Crippen molar-refractivity contribution in [1.29, 1.82) is 0 Å². The lowest BCUT2D eigenvalue weighted by molar-refractivity contribution is -0.00559. The van der Waals surface area contributed by atoms with E-state index in [1.165, 1.54) is 44.6 Å². The van der Waals surface area contributed by atoms with Crippen molar-refractivity contribution in [1.82, 2.24) is 14.7 Å². The molecule has 6 heteroatoms. The van der Waals surface area contributed by atoms with Crippen LogP contribution in [0.4, 0.5) is 0 Å². The summed E-state index contributed by atoms with van der Waals surface area (Å²) >= 11 is 0. The average molecular weight is 281 g/mol. The van der Waals surface area contributed by atoms with Crippen molar-refractivity contribution in [2.75, 3.05) is 0 Å². The van der Waals surface area contributed by atoms with Crippen molar-refractivity contribution in [3.63, 3.8) is 0 Å². The van der Waals surface area contributed by atoms with Crippen molar-refractivity contribution in [3.05, 3.63) is 12.5 Å². The maximum atomic E-state index is 12.3. The van der Waals surface area contributed by atoms with Crippen LogP contribution in [0.3, 0.4) is 0 Å². The van der Waals surface area contributed by atoms with Gasteiger partial charge in [-0.2, -0.15) is 0 Å². The Labute approximate surface area is 113 Å². The number of nitrogens with one attached hydrogen (secondary N) is 2. The first-order valence-corrected chi connectivity index (χ1v) is 8.61. The summed E-state index contributed by atoms with van der Waals surface area (Å²) in [5, 5.41) is 0.182. The molecule has 4 aliphatic rings. The van der Waals surface area contributed by atoms with Crippen LogP contribution in [0.5, 0.6) is 0 Å². The largest absolute Gasteiger partial charge is 0.335 e. The molecule has 5 rings (SSSR count). The minimum Gasteiger partial charge on any atom is -0.335 e. The molecule has 0 aliphatic heterocycles.